The number of pyridine rings is 1. The number of nitrogens with two attached hydrogens (primary N) is 1. The van der Waals surface area contributed by atoms with Crippen LogP contribution in [0.3, 0.4) is 0 Å². The average Bonchev–Trinajstić information content (AvgIpc) is 2.41. The molecular weight excluding hydrogens is 236 g/mol. The largest absolute Gasteiger partial charge is 0.383 e. The fourth-order valence-electron chi connectivity index (χ4n) is 2.95. The predicted molar refractivity (Wildman–Crippen MR) is 79.8 cm³/mol. The molecule has 1 fully saturated rings. The quantitative estimate of drug-likeness (QED) is 0.901. The van der Waals surface area contributed by atoms with Gasteiger partial charge in [0, 0.05) is 50.0 Å². The molecule has 0 saturated carbocycles. The van der Waals surface area contributed by atoms with Crippen LogP contribution in [0.2, 0.25) is 0 Å². The molecule has 0 spiro atoms. The Balaban J connectivity index is 1.99. The van der Waals surface area contributed by atoms with Gasteiger partial charge in [-0.25, -0.2) is 4.98 Å². The van der Waals surface area contributed by atoms with E-state index in [0.717, 1.165) is 31.7 Å². The molecule has 1 aliphatic heterocycles. The smallest absolute Gasteiger partial charge is 0.127 e. The molecule has 2 N–H and O–H groups in total. The van der Waals surface area contributed by atoms with Crippen molar-refractivity contribution in [1.82, 2.24) is 14.8 Å². The Hall–Kier alpha value is -1.13. The Morgan fingerprint density at radius 1 is 1.42 bits per heavy atom. The monoisotopic (exact) mass is 262 g/mol. The molecular formula is C15H26N4. The molecule has 1 aromatic rings. The van der Waals surface area contributed by atoms with Gasteiger partial charge in [-0.3, -0.25) is 9.80 Å². The van der Waals surface area contributed by atoms with E-state index in [0.29, 0.717) is 17.9 Å². The van der Waals surface area contributed by atoms with Gasteiger partial charge in [-0.05, 0) is 26.3 Å². The van der Waals surface area contributed by atoms with E-state index in [1.165, 1.54) is 6.42 Å². The van der Waals surface area contributed by atoms with E-state index in [1.807, 2.05) is 6.07 Å². The number of hydrogen-bond acceptors (Lipinski definition) is 4. The molecule has 0 aliphatic carbocycles. The van der Waals surface area contributed by atoms with E-state index in [9.17, 15) is 0 Å². The lowest BCUT2D eigenvalue weighted by Gasteiger charge is -2.43. The third kappa shape index (κ3) is 3.45. The van der Waals surface area contributed by atoms with Crippen molar-refractivity contribution in [2.24, 2.45) is 0 Å². The Morgan fingerprint density at radius 3 is 2.84 bits per heavy atom. The minimum atomic E-state index is 0.635. The van der Waals surface area contributed by atoms with Gasteiger partial charge in [-0.15, -0.1) is 0 Å². The van der Waals surface area contributed by atoms with Gasteiger partial charge in [0.15, 0.2) is 0 Å². The molecule has 1 atom stereocenters. The maximum absolute atomic E-state index is 5.93. The summed E-state index contributed by atoms with van der Waals surface area (Å²) in [5.74, 6) is 0.668. The molecule has 19 heavy (non-hydrogen) atoms. The summed E-state index contributed by atoms with van der Waals surface area (Å²) < 4.78 is 0. The fraction of sp³-hybridized carbons (Fsp3) is 0.667. The first kappa shape index (κ1) is 14.3. The zero-order valence-corrected chi connectivity index (χ0v) is 12.3. The predicted octanol–water partition coefficient (Wildman–Crippen LogP) is 1.97. The molecule has 1 saturated heterocycles. The first-order chi connectivity index (χ1) is 9.11. The molecule has 4 nitrogen and oxygen atoms in total. The van der Waals surface area contributed by atoms with Crippen molar-refractivity contribution in [2.75, 3.05) is 25.4 Å². The molecule has 0 bridgehead atoms. The highest BCUT2D eigenvalue weighted by molar-refractivity contribution is 5.38. The van der Waals surface area contributed by atoms with Crippen molar-refractivity contribution in [3.05, 3.63) is 23.9 Å². The van der Waals surface area contributed by atoms with Crippen LogP contribution in [0.25, 0.3) is 0 Å². The Bertz CT molecular complexity index is 405. The number of nitrogens with zero attached hydrogens (tertiary/aromatic N) is 3. The molecule has 106 valence electrons. The third-order valence-electron chi connectivity index (χ3n) is 4.07. The molecule has 2 heterocycles. The van der Waals surface area contributed by atoms with Crippen LogP contribution in [-0.4, -0.2) is 46.5 Å². The van der Waals surface area contributed by atoms with Gasteiger partial charge in [0.25, 0.3) is 0 Å². The Kier molecular flexibility index (Phi) is 4.77. The van der Waals surface area contributed by atoms with Crippen LogP contribution in [0.5, 0.6) is 0 Å². The highest BCUT2D eigenvalue weighted by Crippen LogP contribution is 2.19. The summed E-state index contributed by atoms with van der Waals surface area (Å²) in [6.45, 7) is 11.2. The lowest BCUT2D eigenvalue weighted by Crippen LogP contribution is -2.54. The second-order valence-electron chi connectivity index (χ2n) is 5.68. The van der Waals surface area contributed by atoms with Gasteiger partial charge in [-0.1, -0.05) is 13.0 Å². The molecule has 4 heteroatoms. The van der Waals surface area contributed by atoms with Crippen molar-refractivity contribution in [3.8, 4) is 0 Å². The van der Waals surface area contributed by atoms with Gasteiger partial charge in [0.1, 0.15) is 5.82 Å². The number of hydrogen-bond donors (Lipinski definition) is 1. The van der Waals surface area contributed by atoms with Crippen LogP contribution in [0.1, 0.15) is 32.8 Å². The van der Waals surface area contributed by atoms with Crippen LogP contribution in [0, 0.1) is 0 Å². The van der Waals surface area contributed by atoms with Crippen LogP contribution >= 0.6 is 0 Å². The van der Waals surface area contributed by atoms with Gasteiger partial charge in [0.2, 0.25) is 0 Å². The summed E-state index contributed by atoms with van der Waals surface area (Å²) in [6, 6.07) is 5.34. The van der Waals surface area contributed by atoms with E-state index in [1.54, 1.807) is 6.20 Å². The number of anilines is 1. The Labute approximate surface area is 116 Å². The van der Waals surface area contributed by atoms with Crippen LogP contribution in [0.4, 0.5) is 5.82 Å². The van der Waals surface area contributed by atoms with Crippen molar-refractivity contribution in [3.63, 3.8) is 0 Å². The SMILES string of the molecule is CC[C@H]1CN(Cc2cccnc2N)CCN1C(C)C. The van der Waals surface area contributed by atoms with Crippen molar-refractivity contribution < 1.29 is 0 Å². The Morgan fingerprint density at radius 2 is 2.21 bits per heavy atom. The fourth-order valence-corrected chi connectivity index (χ4v) is 2.95. The highest BCUT2D eigenvalue weighted by atomic mass is 15.3. The van der Waals surface area contributed by atoms with Crippen molar-refractivity contribution in [2.45, 2.75) is 45.8 Å². The summed E-state index contributed by atoms with van der Waals surface area (Å²) in [4.78, 5) is 9.28. The topological polar surface area (TPSA) is 45.4 Å². The third-order valence-corrected chi connectivity index (χ3v) is 4.07. The molecule has 0 aromatic carbocycles. The van der Waals surface area contributed by atoms with Crippen LogP contribution in [0.15, 0.2) is 18.3 Å². The van der Waals surface area contributed by atoms with Gasteiger partial charge < -0.3 is 5.73 Å². The molecule has 0 radical (unpaired) electrons. The van der Waals surface area contributed by atoms with Gasteiger partial charge in [0.05, 0.1) is 0 Å². The van der Waals surface area contributed by atoms with Crippen LogP contribution in [-0.2, 0) is 6.54 Å². The van der Waals surface area contributed by atoms with E-state index < -0.39 is 0 Å². The number of nitrogen functional groups attached to an aromatic ring is 1. The summed E-state index contributed by atoms with van der Waals surface area (Å²) in [7, 11) is 0. The molecule has 1 aromatic heterocycles. The van der Waals surface area contributed by atoms with E-state index in [4.69, 9.17) is 5.73 Å². The zero-order valence-electron chi connectivity index (χ0n) is 12.3. The summed E-state index contributed by atoms with van der Waals surface area (Å²) >= 11 is 0. The minimum Gasteiger partial charge on any atom is -0.383 e. The summed E-state index contributed by atoms with van der Waals surface area (Å²) in [5.41, 5.74) is 7.08. The number of aromatic nitrogens is 1. The van der Waals surface area contributed by atoms with Crippen LogP contribution < -0.4 is 5.73 Å². The maximum Gasteiger partial charge on any atom is 0.127 e. The molecule has 1 aliphatic rings. The summed E-state index contributed by atoms with van der Waals surface area (Å²) in [5, 5.41) is 0. The first-order valence-corrected chi connectivity index (χ1v) is 7.29. The zero-order chi connectivity index (χ0) is 13.8. The second-order valence-corrected chi connectivity index (χ2v) is 5.68. The lowest BCUT2D eigenvalue weighted by molar-refractivity contribution is 0.0457. The van der Waals surface area contributed by atoms with E-state index >= 15 is 0 Å². The standard InChI is InChI=1S/C15H26N4/c1-4-14-11-18(8-9-19(14)12(2)3)10-13-6-5-7-17-15(13)16/h5-7,12,14H,4,8-11H2,1-3H3,(H2,16,17)/t14-/m0/s1. The van der Waals surface area contributed by atoms with Gasteiger partial charge >= 0.3 is 0 Å². The average molecular weight is 262 g/mol. The number of rotatable bonds is 4. The van der Waals surface area contributed by atoms with E-state index in [-0.39, 0.29) is 0 Å². The lowest BCUT2D eigenvalue weighted by atomic mass is 10.1. The second kappa shape index (κ2) is 6.35. The maximum atomic E-state index is 5.93. The van der Waals surface area contributed by atoms with Crippen molar-refractivity contribution in [1.29, 1.82) is 0 Å². The summed E-state index contributed by atoms with van der Waals surface area (Å²) in [6.07, 6.45) is 2.96. The van der Waals surface area contributed by atoms with Crippen molar-refractivity contribution >= 4 is 5.82 Å². The molecule has 0 unspecified atom stereocenters. The normalized spacial score (nSPS) is 22.0. The minimum absolute atomic E-state index is 0.635. The van der Waals surface area contributed by atoms with E-state index in [2.05, 4.69) is 41.6 Å². The highest BCUT2D eigenvalue weighted by Gasteiger charge is 2.27. The molecule has 0 amide bonds. The number of piperazine rings is 1. The first-order valence-electron chi connectivity index (χ1n) is 7.29. The molecule has 2 rings (SSSR count). The van der Waals surface area contributed by atoms with Gasteiger partial charge in [-0.2, -0.15) is 0 Å².